The standard InChI is InChI=1S/C18H32N4O6/c1-16(2,3)26-13(23)19-12-10-21(15(25)28-18(7,8)9)11-22(12)20-14(24)27-17(4,5)6/h10H,11H2,1-9H3,(H,19,23)(H,20,24). The number of rotatable bonds is 2. The number of alkyl carbamates (subject to hydrolysis) is 1. The van der Waals surface area contributed by atoms with Crippen LogP contribution in [0.2, 0.25) is 0 Å². The zero-order valence-electron chi connectivity index (χ0n) is 18.1. The predicted octanol–water partition coefficient (Wildman–Crippen LogP) is 3.26. The van der Waals surface area contributed by atoms with Crippen molar-refractivity contribution >= 4 is 18.3 Å². The molecule has 2 N–H and O–H groups in total. The first kappa shape index (κ1) is 23.4. The van der Waals surface area contributed by atoms with Crippen molar-refractivity contribution in [1.29, 1.82) is 0 Å². The molecule has 0 spiro atoms. The highest BCUT2D eigenvalue weighted by Gasteiger charge is 2.32. The molecule has 10 heteroatoms. The van der Waals surface area contributed by atoms with Crippen molar-refractivity contribution < 1.29 is 28.6 Å². The lowest BCUT2D eigenvalue weighted by molar-refractivity contribution is 0.0193. The minimum atomic E-state index is -0.740. The average Bonchev–Trinajstić information content (AvgIpc) is 2.75. The van der Waals surface area contributed by atoms with Gasteiger partial charge >= 0.3 is 18.3 Å². The van der Waals surface area contributed by atoms with Gasteiger partial charge in [-0.05, 0) is 62.3 Å². The number of hydrogen-bond donors (Lipinski definition) is 2. The topological polar surface area (TPSA) is 109 Å². The minimum Gasteiger partial charge on any atom is -0.444 e. The van der Waals surface area contributed by atoms with Gasteiger partial charge in [-0.25, -0.2) is 24.8 Å². The summed E-state index contributed by atoms with van der Waals surface area (Å²) in [6.07, 6.45) is -0.768. The van der Waals surface area contributed by atoms with Crippen LogP contribution in [0.5, 0.6) is 0 Å². The van der Waals surface area contributed by atoms with Gasteiger partial charge in [-0.15, -0.1) is 0 Å². The van der Waals surface area contributed by atoms with Crippen molar-refractivity contribution in [2.45, 2.75) is 79.1 Å². The Hall–Kier alpha value is -2.65. The second kappa shape index (κ2) is 8.15. The summed E-state index contributed by atoms with van der Waals surface area (Å²) in [7, 11) is 0. The summed E-state index contributed by atoms with van der Waals surface area (Å²) in [6.45, 7) is 15.5. The molecule has 0 aromatic rings. The summed E-state index contributed by atoms with van der Waals surface area (Å²) in [5, 5.41) is 3.76. The molecular weight excluding hydrogens is 368 g/mol. The lowest BCUT2D eigenvalue weighted by Crippen LogP contribution is -2.48. The highest BCUT2D eigenvalue weighted by molar-refractivity contribution is 5.73. The smallest absolute Gasteiger partial charge is 0.426 e. The van der Waals surface area contributed by atoms with Gasteiger partial charge in [0.2, 0.25) is 0 Å². The maximum atomic E-state index is 12.3. The molecule has 0 saturated carbocycles. The van der Waals surface area contributed by atoms with Crippen LogP contribution >= 0.6 is 0 Å². The van der Waals surface area contributed by atoms with Gasteiger partial charge in [0.05, 0.1) is 6.20 Å². The van der Waals surface area contributed by atoms with E-state index in [-0.39, 0.29) is 12.5 Å². The molecule has 1 heterocycles. The van der Waals surface area contributed by atoms with Crippen molar-refractivity contribution in [2.75, 3.05) is 6.67 Å². The largest absolute Gasteiger partial charge is 0.444 e. The molecule has 0 saturated heterocycles. The fourth-order valence-corrected chi connectivity index (χ4v) is 1.93. The summed E-state index contributed by atoms with van der Waals surface area (Å²) in [6, 6.07) is 0. The molecule has 0 unspecified atom stereocenters. The van der Waals surface area contributed by atoms with Gasteiger partial charge < -0.3 is 14.2 Å². The van der Waals surface area contributed by atoms with Gasteiger partial charge in [-0.1, -0.05) is 0 Å². The number of carbonyl (C=O) groups excluding carboxylic acids is 3. The zero-order chi connectivity index (χ0) is 21.9. The molecule has 28 heavy (non-hydrogen) atoms. The highest BCUT2D eigenvalue weighted by Crippen LogP contribution is 2.18. The van der Waals surface area contributed by atoms with Gasteiger partial charge in [0.1, 0.15) is 29.3 Å². The Labute approximate surface area is 166 Å². The normalized spacial score (nSPS) is 15.0. The first-order valence-electron chi connectivity index (χ1n) is 8.94. The quantitative estimate of drug-likeness (QED) is 0.685. The van der Waals surface area contributed by atoms with E-state index in [0.717, 1.165) is 0 Å². The monoisotopic (exact) mass is 400 g/mol. The molecule has 1 aliphatic rings. The third kappa shape index (κ3) is 8.83. The summed E-state index contributed by atoms with van der Waals surface area (Å²) in [5.74, 6) is 0.131. The number of amides is 3. The molecule has 10 nitrogen and oxygen atoms in total. The maximum Gasteiger partial charge on any atom is 0.426 e. The summed E-state index contributed by atoms with van der Waals surface area (Å²) in [4.78, 5) is 37.7. The number of ether oxygens (including phenoxy) is 3. The number of carbonyl (C=O) groups is 3. The second-order valence-electron chi connectivity index (χ2n) is 9.27. The number of nitrogens with one attached hydrogen (secondary N) is 2. The van der Waals surface area contributed by atoms with Crippen LogP contribution in [0, 0.1) is 0 Å². The van der Waals surface area contributed by atoms with Crippen molar-refractivity contribution in [2.24, 2.45) is 0 Å². The molecular formula is C18H32N4O6. The minimum absolute atomic E-state index is 0.0840. The van der Waals surface area contributed by atoms with Crippen LogP contribution < -0.4 is 10.7 Å². The third-order valence-electron chi connectivity index (χ3n) is 2.74. The number of nitrogens with zero attached hydrogens (tertiary/aromatic N) is 2. The van der Waals surface area contributed by atoms with Crippen LogP contribution in [0.25, 0.3) is 0 Å². The van der Waals surface area contributed by atoms with Crippen LogP contribution in [0.3, 0.4) is 0 Å². The van der Waals surface area contributed by atoms with E-state index in [1.54, 1.807) is 62.3 Å². The molecule has 0 aromatic carbocycles. The van der Waals surface area contributed by atoms with Crippen LogP contribution in [0.15, 0.2) is 12.0 Å². The Morgan fingerprint density at radius 2 is 1.29 bits per heavy atom. The average molecular weight is 400 g/mol. The van der Waals surface area contributed by atoms with Crippen LogP contribution in [-0.2, 0) is 14.2 Å². The number of hydrogen-bond acceptors (Lipinski definition) is 7. The van der Waals surface area contributed by atoms with Gasteiger partial charge in [0.25, 0.3) is 0 Å². The van der Waals surface area contributed by atoms with Crippen LogP contribution in [-0.4, -0.2) is 51.7 Å². The molecule has 1 aliphatic heterocycles. The predicted molar refractivity (Wildman–Crippen MR) is 102 cm³/mol. The maximum absolute atomic E-state index is 12.3. The van der Waals surface area contributed by atoms with Gasteiger partial charge in [-0.2, -0.15) is 0 Å². The fraction of sp³-hybridized carbons (Fsp3) is 0.722. The lowest BCUT2D eigenvalue weighted by atomic mass is 10.2. The van der Waals surface area contributed by atoms with Gasteiger partial charge in [0, 0.05) is 0 Å². The molecule has 0 aliphatic carbocycles. The zero-order valence-corrected chi connectivity index (χ0v) is 18.1. The first-order valence-corrected chi connectivity index (χ1v) is 8.94. The third-order valence-corrected chi connectivity index (χ3v) is 2.74. The van der Waals surface area contributed by atoms with Crippen LogP contribution in [0.1, 0.15) is 62.3 Å². The molecule has 0 atom stereocenters. The Kier molecular flexibility index (Phi) is 6.81. The molecule has 3 amide bonds. The van der Waals surface area contributed by atoms with Crippen LogP contribution in [0.4, 0.5) is 14.4 Å². The van der Waals surface area contributed by atoms with E-state index in [1.807, 2.05) is 0 Å². The summed E-state index contributed by atoms with van der Waals surface area (Å²) < 4.78 is 15.7. The fourth-order valence-electron chi connectivity index (χ4n) is 1.93. The van der Waals surface area contributed by atoms with Crippen molar-refractivity contribution in [1.82, 2.24) is 20.7 Å². The van der Waals surface area contributed by atoms with E-state index in [9.17, 15) is 14.4 Å². The Morgan fingerprint density at radius 3 is 1.75 bits per heavy atom. The molecule has 0 fully saturated rings. The SMILES string of the molecule is CC(C)(C)OC(=O)NC1=CN(C(=O)OC(C)(C)C)CN1NC(=O)OC(C)(C)C. The summed E-state index contributed by atoms with van der Waals surface area (Å²) in [5.41, 5.74) is 0.365. The lowest BCUT2D eigenvalue weighted by Gasteiger charge is -2.27. The van der Waals surface area contributed by atoms with Gasteiger partial charge in [0.15, 0.2) is 0 Å². The molecule has 0 aromatic heterocycles. The van der Waals surface area contributed by atoms with Crippen molar-refractivity contribution in [3.63, 3.8) is 0 Å². The Bertz CT molecular complexity index is 640. The first-order chi connectivity index (χ1) is 12.5. The van der Waals surface area contributed by atoms with Crippen molar-refractivity contribution in [3.05, 3.63) is 12.0 Å². The van der Waals surface area contributed by atoms with E-state index < -0.39 is 35.1 Å². The van der Waals surface area contributed by atoms with E-state index in [2.05, 4.69) is 10.7 Å². The van der Waals surface area contributed by atoms with Gasteiger partial charge in [-0.3, -0.25) is 10.2 Å². The molecule has 0 bridgehead atoms. The van der Waals surface area contributed by atoms with E-state index in [0.29, 0.717) is 0 Å². The highest BCUT2D eigenvalue weighted by atomic mass is 16.6. The Morgan fingerprint density at radius 1 is 0.821 bits per heavy atom. The molecule has 1 rings (SSSR count). The van der Waals surface area contributed by atoms with Crippen molar-refractivity contribution in [3.8, 4) is 0 Å². The van der Waals surface area contributed by atoms with E-state index in [4.69, 9.17) is 14.2 Å². The molecule has 0 radical (unpaired) electrons. The summed E-state index contributed by atoms with van der Waals surface area (Å²) >= 11 is 0. The number of hydrazine groups is 1. The Balaban J connectivity index is 2.92. The second-order valence-corrected chi connectivity index (χ2v) is 9.27. The van der Waals surface area contributed by atoms with E-state index in [1.165, 1.54) is 16.1 Å². The van der Waals surface area contributed by atoms with E-state index >= 15 is 0 Å². The molecule has 160 valence electrons.